The van der Waals surface area contributed by atoms with Gasteiger partial charge in [0.15, 0.2) is 9.75 Å². The first kappa shape index (κ1) is 27.9. The Bertz CT molecular complexity index is 1610. The highest BCUT2D eigenvalue weighted by Gasteiger charge is 2.76. The van der Waals surface area contributed by atoms with Crippen LogP contribution in [0.2, 0.25) is 0 Å². The van der Waals surface area contributed by atoms with Crippen LogP contribution in [-0.2, 0) is 19.2 Å². The number of phenolic OH excluding ortho intramolecular Hbond substituents is 1. The summed E-state index contributed by atoms with van der Waals surface area (Å²) < 4.78 is 0. The Balaban J connectivity index is 1.51. The van der Waals surface area contributed by atoms with Crippen LogP contribution in [0.15, 0.2) is 54.1 Å². The van der Waals surface area contributed by atoms with Crippen molar-refractivity contribution < 1.29 is 29.2 Å². The second-order valence-electron chi connectivity index (χ2n) is 10.8. The average molecular weight is 663 g/mol. The fraction of sp³-hybridized carbons (Fsp3) is 0.357. The molecule has 0 radical (unpaired) electrons. The summed E-state index contributed by atoms with van der Waals surface area (Å²) in [7, 11) is 0. The molecule has 2 heterocycles. The van der Waals surface area contributed by atoms with Gasteiger partial charge in [0, 0.05) is 18.1 Å². The number of aryl methyl sites for hydroxylation is 1. The lowest BCUT2D eigenvalue weighted by Gasteiger charge is -2.50. The van der Waals surface area contributed by atoms with Gasteiger partial charge in [-0.2, -0.15) is 0 Å². The number of anilines is 1. The number of likely N-dealkylation sites (tertiary alicyclic amines) is 1. The summed E-state index contributed by atoms with van der Waals surface area (Å²) in [6, 6.07) is 10.0. The van der Waals surface area contributed by atoms with Crippen LogP contribution in [0, 0.1) is 34.8 Å². The number of benzene rings is 2. The predicted molar refractivity (Wildman–Crippen MR) is 152 cm³/mol. The number of carbonyl (C=O) groups excluding carboxylic acids is 4. The smallest absolute Gasteiger partial charge is 0.271 e. The lowest BCUT2D eigenvalue weighted by molar-refractivity contribution is -0.384. The number of allylic oxidation sites excluding steroid dienone is 2. The third kappa shape index (κ3) is 3.61. The maximum absolute atomic E-state index is 14.0. The Kier molecular flexibility index (Phi) is 6.37. The number of hydrogen-bond acceptors (Lipinski definition) is 7. The van der Waals surface area contributed by atoms with E-state index in [-0.39, 0.29) is 35.4 Å². The van der Waals surface area contributed by atoms with E-state index in [4.69, 9.17) is 23.2 Å². The molecule has 6 unspecified atom stereocenters. The Morgan fingerprint density at radius 2 is 1.80 bits per heavy atom. The number of fused-ring (bicyclic) bond motifs is 4. The van der Waals surface area contributed by atoms with Gasteiger partial charge in [-0.15, -0.1) is 23.2 Å². The van der Waals surface area contributed by atoms with Crippen molar-refractivity contribution in [3.05, 3.63) is 75.4 Å². The lowest BCUT2D eigenvalue weighted by atomic mass is 9.56. The SMILES string of the molecule is Cc1cc(C2C3=CCC4C(=O)N(c5cccc([N+](=O)[O-])c5)C(=O)C4C3CC3(Cl)C(=O)N(CBr)C(=O)C23Cl)ccc1O. The molecule has 6 atom stereocenters. The largest absolute Gasteiger partial charge is 0.508 e. The molecule has 2 aliphatic carbocycles. The zero-order valence-corrected chi connectivity index (χ0v) is 24.5. The summed E-state index contributed by atoms with van der Waals surface area (Å²) in [5.41, 5.74) is 1.33. The monoisotopic (exact) mass is 661 g/mol. The van der Waals surface area contributed by atoms with Crippen LogP contribution in [0.25, 0.3) is 0 Å². The summed E-state index contributed by atoms with van der Waals surface area (Å²) in [5, 5.41) is 21.6. The van der Waals surface area contributed by atoms with E-state index in [2.05, 4.69) is 15.9 Å². The van der Waals surface area contributed by atoms with Gasteiger partial charge in [-0.05, 0) is 48.9 Å². The zero-order chi connectivity index (χ0) is 29.6. The maximum atomic E-state index is 14.0. The normalized spacial score (nSPS) is 32.5. The van der Waals surface area contributed by atoms with Crippen molar-refractivity contribution in [2.24, 2.45) is 17.8 Å². The average Bonchev–Trinajstić information content (AvgIpc) is 3.28. The Morgan fingerprint density at radius 3 is 2.46 bits per heavy atom. The molecule has 4 aliphatic rings. The zero-order valence-electron chi connectivity index (χ0n) is 21.4. The van der Waals surface area contributed by atoms with Crippen molar-refractivity contribution in [1.29, 1.82) is 0 Å². The van der Waals surface area contributed by atoms with Gasteiger partial charge >= 0.3 is 0 Å². The third-order valence-corrected chi connectivity index (χ3v) is 10.8. The minimum Gasteiger partial charge on any atom is -0.508 e. The molecular weight excluding hydrogens is 641 g/mol. The van der Waals surface area contributed by atoms with Crippen LogP contribution in [0.4, 0.5) is 11.4 Å². The first-order valence-electron chi connectivity index (χ1n) is 12.8. The van der Waals surface area contributed by atoms with Gasteiger partial charge in [0.05, 0.1) is 27.9 Å². The van der Waals surface area contributed by atoms with Gasteiger partial charge < -0.3 is 5.11 Å². The van der Waals surface area contributed by atoms with E-state index in [9.17, 15) is 34.4 Å². The number of aromatic hydroxyl groups is 1. The Morgan fingerprint density at radius 1 is 1.07 bits per heavy atom. The van der Waals surface area contributed by atoms with Gasteiger partial charge in [-0.25, -0.2) is 4.90 Å². The Labute approximate surface area is 252 Å². The third-order valence-electron chi connectivity index (χ3n) is 8.87. The summed E-state index contributed by atoms with van der Waals surface area (Å²) >= 11 is 17.5. The standard InChI is InChI=1S/C28H22BrCl2N3O7/c1-13-9-14(5-8-20(13)35)22-17-6-7-18-21(19(17)11-27(30)25(38)32(12-29)26(39)28(22,27)31)24(37)33(23(18)36)15-3-2-4-16(10-15)34(40)41/h2-6,8-10,18-19,21-22,35H,7,11-12H2,1H3. The van der Waals surface area contributed by atoms with Gasteiger partial charge in [-0.1, -0.05) is 45.8 Å². The number of amides is 4. The number of rotatable bonds is 4. The van der Waals surface area contributed by atoms with Crippen molar-refractivity contribution in [2.75, 3.05) is 10.4 Å². The van der Waals surface area contributed by atoms with E-state index in [1.807, 2.05) is 0 Å². The highest BCUT2D eigenvalue weighted by molar-refractivity contribution is 9.09. The van der Waals surface area contributed by atoms with Gasteiger partial charge in [0.25, 0.3) is 17.5 Å². The lowest BCUT2D eigenvalue weighted by Crippen LogP contribution is -2.60. The summed E-state index contributed by atoms with van der Waals surface area (Å²) in [4.78, 5) is 63.9. The van der Waals surface area contributed by atoms with Crippen LogP contribution in [0.1, 0.15) is 29.9 Å². The molecule has 6 rings (SSSR count). The maximum Gasteiger partial charge on any atom is 0.271 e. The highest BCUT2D eigenvalue weighted by atomic mass is 79.9. The summed E-state index contributed by atoms with van der Waals surface area (Å²) in [5.74, 6) is -5.82. The molecule has 1 N–H and O–H groups in total. The molecule has 0 bridgehead atoms. The number of non-ortho nitro benzene ring substituents is 1. The Hall–Kier alpha value is -3.28. The molecule has 10 nitrogen and oxygen atoms in total. The van der Waals surface area contributed by atoms with Crippen LogP contribution >= 0.6 is 39.1 Å². The van der Waals surface area contributed by atoms with Gasteiger partial charge in [0.2, 0.25) is 11.8 Å². The molecule has 2 saturated heterocycles. The van der Waals surface area contributed by atoms with E-state index in [1.54, 1.807) is 25.1 Å². The molecule has 3 fully saturated rings. The summed E-state index contributed by atoms with van der Waals surface area (Å²) in [6.07, 6.45) is 1.79. The topological polar surface area (TPSA) is 138 Å². The quantitative estimate of drug-likeness (QED) is 0.127. The van der Waals surface area contributed by atoms with E-state index >= 15 is 0 Å². The van der Waals surface area contributed by atoms with Gasteiger partial charge in [0.1, 0.15) is 5.75 Å². The molecule has 4 amide bonds. The van der Waals surface area contributed by atoms with E-state index < -0.39 is 62.0 Å². The van der Waals surface area contributed by atoms with Gasteiger partial charge in [-0.3, -0.25) is 34.2 Å². The van der Waals surface area contributed by atoms with Crippen LogP contribution in [0.5, 0.6) is 5.75 Å². The minimum atomic E-state index is -1.94. The summed E-state index contributed by atoms with van der Waals surface area (Å²) in [6.45, 7) is 1.68. The van der Waals surface area contributed by atoms with Crippen molar-refractivity contribution in [2.45, 2.75) is 35.4 Å². The van der Waals surface area contributed by atoms with Crippen LogP contribution in [0.3, 0.4) is 0 Å². The van der Waals surface area contributed by atoms with Crippen molar-refractivity contribution in [3.8, 4) is 5.75 Å². The van der Waals surface area contributed by atoms with Crippen molar-refractivity contribution >= 4 is 74.1 Å². The number of carbonyl (C=O) groups is 4. The second kappa shape index (κ2) is 9.37. The molecule has 212 valence electrons. The second-order valence-corrected chi connectivity index (χ2v) is 12.6. The van der Waals surface area contributed by atoms with Crippen LogP contribution < -0.4 is 4.90 Å². The number of nitrogens with zero attached hydrogens (tertiary/aromatic N) is 3. The number of halogens is 3. The number of imide groups is 2. The molecule has 1 saturated carbocycles. The first-order chi connectivity index (χ1) is 19.4. The number of hydrogen-bond donors (Lipinski definition) is 1. The van der Waals surface area contributed by atoms with Crippen molar-refractivity contribution in [1.82, 2.24) is 4.90 Å². The number of phenols is 1. The number of nitro groups is 1. The van der Waals surface area contributed by atoms with E-state index in [0.29, 0.717) is 16.7 Å². The molecular formula is C28H22BrCl2N3O7. The fourth-order valence-electron chi connectivity index (χ4n) is 6.99. The highest BCUT2D eigenvalue weighted by Crippen LogP contribution is 2.65. The predicted octanol–water partition coefficient (Wildman–Crippen LogP) is 4.52. The minimum absolute atomic E-state index is 0.0274. The first-order valence-corrected chi connectivity index (χ1v) is 14.7. The molecule has 0 aromatic heterocycles. The van der Waals surface area contributed by atoms with E-state index in [0.717, 1.165) is 9.80 Å². The fourth-order valence-corrected chi connectivity index (χ4v) is 8.41. The molecule has 2 aromatic carbocycles. The molecule has 0 spiro atoms. The molecule has 2 aromatic rings. The van der Waals surface area contributed by atoms with Crippen molar-refractivity contribution in [3.63, 3.8) is 0 Å². The molecule has 13 heteroatoms. The van der Waals surface area contributed by atoms with E-state index in [1.165, 1.54) is 30.3 Å². The molecule has 41 heavy (non-hydrogen) atoms. The van der Waals surface area contributed by atoms with Crippen LogP contribution in [-0.4, -0.2) is 53.8 Å². The number of alkyl halides is 3. The molecule has 2 aliphatic heterocycles. The number of nitro benzene ring substituents is 1.